The molecule has 2 heterocycles. The molecule has 7 nitrogen and oxygen atoms in total. The topological polar surface area (TPSA) is 98.8 Å². The molecule has 2 aliphatic heterocycles. The van der Waals surface area contributed by atoms with Crippen LogP contribution in [0.15, 0.2) is 45.0 Å². The van der Waals surface area contributed by atoms with Gasteiger partial charge in [0.1, 0.15) is 27.1 Å². The number of fused-ring (bicyclic) bond motifs is 2. The molecule has 0 spiro atoms. The largest absolute Gasteiger partial charge is 0.455 e. The van der Waals surface area contributed by atoms with Crippen molar-refractivity contribution in [3.63, 3.8) is 0 Å². The van der Waals surface area contributed by atoms with Crippen LogP contribution >= 0.6 is 0 Å². The van der Waals surface area contributed by atoms with E-state index in [1.807, 2.05) is 0 Å². The summed E-state index contributed by atoms with van der Waals surface area (Å²) in [4.78, 5) is -0.780. The molecule has 150 valence electrons. The molecule has 2 aromatic carbocycles. The van der Waals surface area contributed by atoms with Gasteiger partial charge in [-0.05, 0) is 55.7 Å². The summed E-state index contributed by atoms with van der Waals surface area (Å²) in [7, 11) is -8.09. The lowest BCUT2D eigenvalue weighted by Crippen LogP contribution is -2.39. The van der Waals surface area contributed by atoms with Crippen molar-refractivity contribution >= 4 is 19.9 Å². The molecule has 1 saturated heterocycles. The Morgan fingerprint density at radius 3 is 2.46 bits per heavy atom. The first kappa shape index (κ1) is 19.3. The van der Waals surface area contributed by atoms with E-state index in [0.717, 1.165) is 18.2 Å². The molecule has 0 atom stereocenters. The van der Waals surface area contributed by atoms with Gasteiger partial charge in [0.2, 0.25) is 19.9 Å². The summed E-state index contributed by atoms with van der Waals surface area (Å²) < 4.78 is 78.6. The molecule has 1 N–H and O–H groups in total. The molecule has 4 rings (SSSR count). The van der Waals surface area contributed by atoms with Crippen molar-refractivity contribution in [2.24, 2.45) is 0 Å². The Bertz CT molecular complexity index is 1150. The van der Waals surface area contributed by atoms with Gasteiger partial charge in [0, 0.05) is 19.3 Å². The monoisotopic (exact) mass is 427 g/mol. The van der Waals surface area contributed by atoms with E-state index in [9.17, 15) is 21.2 Å². The van der Waals surface area contributed by atoms with Crippen molar-refractivity contribution in [1.29, 1.82) is 0 Å². The molecule has 0 amide bonds. The number of nitrogens with one attached hydrogen (secondary N) is 1. The first-order chi connectivity index (χ1) is 13.2. The third kappa shape index (κ3) is 3.30. The first-order valence-electron chi connectivity index (χ1n) is 8.66. The van der Waals surface area contributed by atoms with Gasteiger partial charge in [-0.15, -0.1) is 0 Å². The van der Waals surface area contributed by atoms with E-state index in [1.165, 1.54) is 12.1 Å². The summed E-state index contributed by atoms with van der Waals surface area (Å²) in [6.45, 7) is 2.48. The molecular weight excluding hydrogens is 409 g/mol. The highest BCUT2D eigenvalue weighted by molar-refractivity contribution is 7.92. The molecule has 28 heavy (non-hydrogen) atoms. The van der Waals surface area contributed by atoms with Crippen molar-refractivity contribution in [2.75, 3.05) is 13.2 Å². The predicted octanol–water partition coefficient (Wildman–Crippen LogP) is 2.53. The van der Waals surface area contributed by atoms with E-state index in [1.54, 1.807) is 6.92 Å². The second-order valence-electron chi connectivity index (χ2n) is 6.77. The highest BCUT2D eigenvalue weighted by Crippen LogP contribution is 2.44. The van der Waals surface area contributed by atoms with Crippen molar-refractivity contribution in [3.05, 3.63) is 41.7 Å². The zero-order chi connectivity index (χ0) is 20.1. The molecule has 1 fully saturated rings. The van der Waals surface area contributed by atoms with Gasteiger partial charge in [-0.3, -0.25) is 0 Å². The molecule has 10 heteroatoms. The Labute approximate surface area is 162 Å². The third-order valence-electron chi connectivity index (χ3n) is 4.78. The minimum Gasteiger partial charge on any atom is -0.455 e. The number of sulfone groups is 1. The van der Waals surface area contributed by atoms with Crippen molar-refractivity contribution in [3.8, 4) is 11.5 Å². The average molecular weight is 427 g/mol. The minimum atomic E-state index is -4.13. The zero-order valence-electron chi connectivity index (χ0n) is 14.9. The summed E-state index contributed by atoms with van der Waals surface area (Å²) >= 11 is 0. The Balaban J connectivity index is 1.79. The lowest BCUT2D eigenvalue weighted by Gasteiger charge is -2.25. The molecule has 0 aliphatic carbocycles. The number of aryl methyl sites for hydroxylation is 1. The number of benzene rings is 2. The number of hydrogen-bond donors (Lipinski definition) is 1. The summed E-state index contributed by atoms with van der Waals surface area (Å²) in [6.07, 6.45) is 1.08. The van der Waals surface area contributed by atoms with Crippen LogP contribution in [0.25, 0.3) is 0 Å². The summed E-state index contributed by atoms with van der Waals surface area (Å²) in [6, 6.07) is 5.37. The third-order valence-corrected chi connectivity index (χ3v) is 8.24. The second kappa shape index (κ2) is 6.80. The van der Waals surface area contributed by atoms with Crippen molar-refractivity contribution in [2.45, 2.75) is 40.5 Å². The second-order valence-corrected chi connectivity index (χ2v) is 10.3. The fourth-order valence-corrected chi connectivity index (χ4v) is 6.48. The predicted molar refractivity (Wildman–Crippen MR) is 97.3 cm³/mol. The molecule has 0 unspecified atom stereocenters. The summed E-state index contributed by atoms with van der Waals surface area (Å²) in [5.74, 6) is -0.707. The minimum absolute atomic E-state index is 0.00392. The van der Waals surface area contributed by atoms with E-state index >= 15 is 0 Å². The van der Waals surface area contributed by atoms with Crippen LogP contribution in [0, 0.1) is 12.7 Å². The molecule has 2 aromatic rings. The molecular formula is C18H18FNO6S2. The van der Waals surface area contributed by atoms with Crippen LogP contribution in [-0.2, 0) is 24.6 Å². The molecule has 0 bridgehead atoms. The number of halogens is 1. The zero-order valence-corrected chi connectivity index (χ0v) is 16.6. The van der Waals surface area contributed by atoms with E-state index in [-0.39, 0.29) is 32.2 Å². The normalized spacial score (nSPS) is 18.8. The first-order valence-corrected chi connectivity index (χ1v) is 11.6. The van der Waals surface area contributed by atoms with Crippen LogP contribution in [0.5, 0.6) is 11.5 Å². The Kier molecular flexibility index (Phi) is 4.69. The maximum absolute atomic E-state index is 13.6. The quantitative estimate of drug-likeness (QED) is 0.690. The van der Waals surface area contributed by atoms with Crippen molar-refractivity contribution < 1.29 is 30.7 Å². The highest BCUT2D eigenvalue weighted by Gasteiger charge is 2.34. The summed E-state index contributed by atoms with van der Waals surface area (Å²) in [5, 5.41) is 0. The van der Waals surface area contributed by atoms with Gasteiger partial charge < -0.3 is 9.47 Å². The average Bonchev–Trinajstić information content (AvgIpc) is 2.62. The van der Waals surface area contributed by atoms with Crippen LogP contribution in [0.3, 0.4) is 0 Å². The maximum atomic E-state index is 13.6. The van der Waals surface area contributed by atoms with Crippen LogP contribution < -0.4 is 9.46 Å². The molecule has 0 saturated carbocycles. The van der Waals surface area contributed by atoms with Gasteiger partial charge in [-0.1, -0.05) is 0 Å². The van der Waals surface area contributed by atoms with Gasteiger partial charge in [-0.25, -0.2) is 25.9 Å². The number of ether oxygens (including phenoxy) is 2. The van der Waals surface area contributed by atoms with E-state index < -0.39 is 25.7 Å². The van der Waals surface area contributed by atoms with Crippen LogP contribution in [0.4, 0.5) is 4.39 Å². The Hall–Kier alpha value is -2.01. The summed E-state index contributed by atoms with van der Waals surface area (Å²) in [5.41, 5.74) is 0.346. The molecule has 2 aliphatic rings. The number of hydrogen-bond acceptors (Lipinski definition) is 6. The number of sulfonamides is 1. The SMILES string of the molecule is Cc1cc2c(cc1S(=O)(=O)NC1CCOCC1)S(=O)(=O)c1cc(F)ccc1O2. The molecule has 0 radical (unpaired) electrons. The lowest BCUT2D eigenvalue weighted by molar-refractivity contribution is 0.0832. The standard InChI is InChI=1S/C18H18FNO6S2/c1-11-8-15-18(27(21,22)17-9-12(19)2-3-14(17)26-15)10-16(11)28(23,24)20-13-4-6-25-7-5-13/h2-3,8-10,13,20H,4-7H2,1H3. The van der Waals surface area contributed by atoms with Gasteiger partial charge in [0.15, 0.2) is 0 Å². The smallest absolute Gasteiger partial charge is 0.241 e. The lowest BCUT2D eigenvalue weighted by atomic mass is 10.1. The van der Waals surface area contributed by atoms with Gasteiger partial charge in [0.25, 0.3) is 0 Å². The highest BCUT2D eigenvalue weighted by atomic mass is 32.2. The Morgan fingerprint density at radius 1 is 1.07 bits per heavy atom. The van der Waals surface area contributed by atoms with E-state index in [0.29, 0.717) is 31.6 Å². The van der Waals surface area contributed by atoms with E-state index in [4.69, 9.17) is 9.47 Å². The van der Waals surface area contributed by atoms with Crippen molar-refractivity contribution in [1.82, 2.24) is 4.72 Å². The molecule has 0 aromatic heterocycles. The van der Waals surface area contributed by atoms with E-state index in [2.05, 4.69) is 4.72 Å². The Morgan fingerprint density at radius 2 is 1.75 bits per heavy atom. The van der Waals surface area contributed by atoms with Gasteiger partial charge in [-0.2, -0.15) is 0 Å². The van der Waals surface area contributed by atoms with Crippen LogP contribution in [-0.4, -0.2) is 36.1 Å². The number of rotatable bonds is 3. The maximum Gasteiger partial charge on any atom is 0.241 e. The fourth-order valence-electron chi connectivity index (χ4n) is 3.33. The fraction of sp³-hybridized carbons (Fsp3) is 0.333. The van der Waals surface area contributed by atoms with Gasteiger partial charge >= 0.3 is 0 Å². The van der Waals surface area contributed by atoms with Crippen LogP contribution in [0.1, 0.15) is 18.4 Å². The van der Waals surface area contributed by atoms with Gasteiger partial charge in [0.05, 0.1) is 4.90 Å². The van der Waals surface area contributed by atoms with Crippen LogP contribution in [0.2, 0.25) is 0 Å².